The van der Waals surface area contributed by atoms with Crippen LogP contribution in [0.1, 0.15) is 58.2 Å². The summed E-state index contributed by atoms with van der Waals surface area (Å²) in [6.45, 7) is 5.41. The van der Waals surface area contributed by atoms with Crippen LogP contribution in [0.25, 0.3) is 21.9 Å². The zero-order valence-corrected chi connectivity index (χ0v) is 18.8. The van der Waals surface area contributed by atoms with Gasteiger partial charge in [0, 0.05) is 11.8 Å². The Labute approximate surface area is 185 Å². The van der Waals surface area contributed by atoms with Crippen molar-refractivity contribution in [3.8, 4) is 0 Å². The van der Waals surface area contributed by atoms with E-state index in [4.69, 9.17) is 15.5 Å². The van der Waals surface area contributed by atoms with Crippen LogP contribution in [-0.4, -0.2) is 21.1 Å². The number of rotatable bonds is 9. The summed E-state index contributed by atoms with van der Waals surface area (Å²) in [5, 5.41) is 1.10. The first-order chi connectivity index (χ1) is 15.2. The highest BCUT2D eigenvalue weighted by Gasteiger charge is 2.20. The Hall–Kier alpha value is -2.82. The van der Waals surface area contributed by atoms with Gasteiger partial charge in [-0.15, -0.1) is 0 Å². The minimum atomic E-state index is 0.512. The monoisotopic (exact) mass is 418 g/mol. The molecular weight excluding hydrogens is 384 g/mol. The maximum atomic E-state index is 6.33. The lowest BCUT2D eigenvalue weighted by Gasteiger charge is -2.13. The van der Waals surface area contributed by atoms with E-state index < -0.39 is 0 Å². The summed E-state index contributed by atoms with van der Waals surface area (Å²) in [4.78, 5) is 9.58. The number of anilines is 1. The minimum Gasteiger partial charge on any atom is -0.497 e. The fourth-order valence-corrected chi connectivity index (χ4v) is 4.70. The molecule has 2 N–H and O–H groups in total. The number of benzene rings is 1. The smallest absolute Gasteiger partial charge is 0.152 e. The van der Waals surface area contributed by atoms with Crippen LogP contribution in [-0.2, 0) is 17.7 Å². The summed E-state index contributed by atoms with van der Waals surface area (Å²) >= 11 is 0. The third-order valence-corrected chi connectivity index (χ3v) is 6.36. The van der Waals surface area contributed by atoms with E-state index in [1.807, 2.05) is 26.0 Å². The van der Waals surface area contributed by atoms with Crippen LogP contribution in [0.5, 0.6) is 0 Å². The zero-order valence-electron chi connectivity index (χ0n) is 18.8. The average Bonchev–Trinajstić information content (AvgIpc) is 3.41. The van der Waals surface area contributed by atoms with Crippen molar-refractivity contribution >= 4 is 27.8 Å². The van der Waals surface area contributed by atoms with Crippen LogP contribution < -0.4 is 5.73 Å². The van der Waals surface area contributed by atoms with Crippen molar-refractivity contribution in [2.75, 3.05) is 12.3 Å². The van der Waals surface area contributed by atoms with Crippen molar-refractivity contribution in [1.29, 1.82) is 0 Å². The predicted molar refractivity (Wildman–Crippen MR) is 129 cm³/mol. The van der Waals surface area contributed by atoms with Crippen molar-refractivity contribution in [2.45, 2.75) is 65.3 Å². The van der Waals surface area contributed by atoms with Gasteiger partial charge >= 0.3 is 0 Å². The number of fused-ring (bicyclic) bond motifs is 3. The fourth-order valence-electron chi connectivity index (χ4n) is 4.70. The number of hydrogen-bond acceptors (Lipinski definition) is 4. The number of ether oxygens (including phenoxy) is 1. The van der Waals surface area contributed by atoms with Crippen LogP contribution in [0.15, 0.2) is 48.3 Å². The van der Waals surface area contributed by atoms with Crippen molar-refractivity contribution < 1.29 is 4.74 Å². The standard InChI is InChI=1S/C26H34N4O/c1-3-4-5-10-19(2)31-18-17-30-23(16-15-20-11-6-7-12-20)29-24-25(30)21-13-8-9-14-22(21)28-26(24)27/h3-4,8-10,13-14,20H,5-7,11-12,15-18H2,1-2H3,(H2,27,28)/b4-3-,19-10+. The SMILES string of the molecule is C/C=C\C/C=C(\C)OCCn1c(CCC2CCCC2)nc2c(N)nc3ccccc3c21. The van der Waals surface area contributed by atoms with Crippen molar-refractivity contribution in [1.82, 2.24) is 14.5 Å². The molecule has 5 nitrogen and oxygen atoms in total. The Morgan fingerprint density at radius 3 is 2.84 bits per heavy atom. The molecule has 1 aromatic carbocycles. The zero-order chi connectivity index (χ0) is 21.6. The molecule has 0 amide bonds. The molecule has 0 radical (unpaired) electrons. The molecule has 2 aromatic heterocycles. The van der Waals surface area contributed by atoms with E-state index in [9.17, 15) is 0 Å². The number of aromatic nitrogens is 3. The molecule has 0 spiro atoms. The van der Waals surface area contributed by atoms with Gasteiger partial charge in [-0.05, 0) is 44.7 Å². The van der Waals surface area contributed by atoms with Crippen LogP contribution >= 0.6 is 0 Å². The van der Waals surface area contributed by atoms with Gasteiger partial charge in [-0.25, -0.2) is 9.97 Å². The predicted octanol–water partition coefficient (Wildman–Crippen LogP) is 6.18. The highest BCUT2D eigenvalue weighted by Crippen LogP contribution is 2.32. The third-order valence-electron chi connectivity index (χ3n) is 6.36. The van der Waals surface area contributed by atoms with Gasteiger partial charge in [-0.3, -0.25) is 0 Å². The third kappa shape index (κ3) is 4.92. The summed E-state index contributed by atoms with van der Waals surface area (Å²) in [6.07, 6.45) is 14.8. The Bertz CT molecular complexity index is 1090. The molecule has 0 atom stereocenters. The molecule has 3 aromatic rings. The topological polar surface area (TPSA) is 66.0 Å². The highest BCUT2D eigenvalue weighted by molar-refractivity contribution is 6.06. The molecule has 0 bridgehead atoms. The van der Waals surface area contributed by atoms with E-state index in [0.29, 0.717) is 12.4 Å². The molecule has 1 saturated carbocycles. The summed E-state index contributed by atoms with van der Waals surface area (Å²) < 4.78 is 8.34. The summed E-state index contributed by atoms with van der Waals surface area (Å²) in [5.41, 5.74) is 9.16. The second-order valence-corrected chi connectivity index (χ2v) is 8.55. The number of nitrogens with zero attached hydrogens (tertiary/aromatic N) is 3. The molecule has 2 heterocycles. The molecule has 164 valence electrons. The first-order valence-corrected chi connectivity index (χ1v) is 11.6. The number of hydrogen-bond donors (Lipinski definition) is 1. The number of para-hydroxylation sites is 1. The largest absolute Gasteiger partial charge is 0.497 e. The normalized spacial score (nSPS) is 15.6. The van der Waals surface area contributed by atoms with Crippen LogP contribution in [0.3, 0.4) is 0 Å². The quantitative estimate of drug-likeness (QED) is 0.333. The van der Waals surface area contributed by atoms with E-state index in [0.717, 1.165) is 58.8 Å². The number of nitrogen functional groups attached to an aromatic ring is 1. The van der Waals surface area contributed by atoms with Gasteiger partial charge in [-0.2, -0.15) is 0 Å². The summed E-state index contributed by atoms with van der Waals surface area (Å²) in [6, 6.07) is 8.20. The maximum absolute atomic E-state index is 6.33. The maximum Gasteiger partial charge on any atom is 0.152 e. The highest BCUT2D eigenvalue weighted by atomic mass is 16.5. The van der Waals surface area contributed by atoms with E-state index >= 15 is 0 Å². The number of allylic oxidation sites excluding steroid dienone is 4. The lowest BCUT2D eigenvalue weighted by Crippen LogP contribution is -2.10. The Morgan fingerprint density at radius 1 is 1.23 bits per heavy atom. The fraction of sp³-hybridized carbons (Fsp3) is 0.462. The molecular formula is C26H34N4O. The van der Waals surface area contributed by atoms with E-state index in [1.165, 1.54) is 32.1 Å². The second-order valence-electron chi connectivity index (χ2n) is 8.55. The van der Waals surface area contributed by atoms with Crippen molar-refractivity contribution in [3.63, 3.8) is 0 Å². The van der Waals surface area contributed by atoms with Crippen LogP contribution in [0.4, 0.5) is 5.82 Å². The molecule has 0 aliphatic heterocycles. The number of imidazole rings is 1. The Morgan fingerprint density at radius 2 is 2.03 bits per heavy atom. The summed E-state index contributed by atoms with van der Waals surface area (Å²) in [7, 11) is 0. The van der Waals surface area contributed by atoms with Crippen LogP contribution in [0, 0.1) is 5.92 Å². The minimum absolute atomic E-state index is 0.512. The van der Waals surface area contributed by atoms with Crippen molar-refractivity contribution in [2.24, 2.45) is 5.92 Å². The molecule has 0 unspecified atom stereocenters. The van der Waals surface area contributed by atoms with Gasteiger partial charge in [0.1, 0.15) is 17.9 Å². The molecule has 1 fully saturated rings. The van der Waals surface area contributed by atoms with Gasteiger partial charge in [-0.1, -0.05) is 56.0 Å². The number of pyridine rings is 1. The summed E-state index contributed by atoms with van der Waals surface area (Å²) in [5.74, 6) is 3.40. The lowest BCUT2D eigenvalue weighted by molar-refractivity contribution is 0.201. The first kappa shape index (κ1) is 21.4. The number of aryl methyl sites for hydroxylation is 1. The van der Waals surface area contributed by atoms with Gasteiger partial charge in [0.15, 0.2) is 5.82 Å². The Kier molecular flexibility index (Phi) is 6.90. The van der Waals surface area contributed by atoms with Gasteiger partial charge in [0.2, 0.25) is 0 Å². The lowest BCUT2D eigenvalue weighted by atomic mass is 10.0. The van der Waals surface area contributed by atoms with Gasteiger partial charge < -0.3 is 15.0 Å². The molecule has 5 heteroatoms. The van der Waals surface area contributed by atoms with E-state index in [1.54, 1.807) is 0 Å². The van der Waals surface area contributed by atoms with E-state index in [2.05, 4.69) is 39.9 Å². The van der Waals surface area contributed by atoms with Crippen LogP contribution in [0.2, 0.25) is 0 Å². The Balaban J connectivity index is 1.63. The molecule has 1 aliphatic carbocycles. The second kappa shape index (κ2) is 9.99. The first-order valence-electron chi connectivity index (χ1n) is 11.6. The molecule has 0 saturated heterocycles. The van der Waals surface area contributed by atoms with Gasteiger partial charge in [0.05, 0.1) is 23.3 Å². The molecule has 31 heavy (non-hydrogen) atoms. The van der Waals surface area contributed by atoms with Crippen molar-refractivity contribution in [3.05, 3.63) is 54.1 Å². The molecule has 4 rings (SSSR count). The molecule has 1 aliphatic rings. The van der Waals surface area contributed by atoms with Gasteiger partial charge in [0.25, 0.3) is 0 Å². The number of nitrogens with two attached hydrogens (primary N) is 1. The van der Waals surface area contributed by atoms with E-state index in [-0.39, 0.29) is 0 Å². The average molecular weight is 419 g/mol.